The third kappa shape index (κ3) is 5.11. The smallest absolute Gasteiger partial charge is 0.243 e. The van der Waals surface area contributed by atoms with E-state index in [0.717, 1.165) is 4.31 Å². The van der Waals surface area contributed by atoms with Crippen molar-refractivity contribution in [2.75, 3.05) is 13.1 Å². The maximum Gasteiger partial charge on any atom is 0.243 e. The first kappa shape index (κ1) is 21.0. The van der Waals surface area contributed by atoms with E-state index in [1.165, 1.54) is 24.3 Å². The quantitative estimate of drug-likeness (QED) is 0.715. The van der Waals surface area contributed by atoms with Crippen LogP contribution in [-0.4, -0.2) is 31.7 Å². The Balaban J connectivity index is 2.43. The highest BCUT2D eigenvalue weighted by molar-refractivity contribution is 7.89. The van der Waals surface area contributed by atoms with Gasteiger partial charge in [-0.25, -0.2) is 8.42 Å². The maximum absolute atomic E-state index is 13.0. The standard InChI is InChI=1S/C17H17Cl3N2O3S/c1-2-21-17(23)11-22(10-14-15(19)4-3-5-16(14)20)26(24,25)13-8-6-12(18)7-9-13/h3-9H,2,10-11H2,1H3,(H,21,23). The number of nitrogens with zero attached hydrogens (tertiary/aromatic N) is 1. The van der Waals surface area contributed by atoms with Crippen molar-refractivity contribution in [1.29, 1.82) is 0 Å². The molecule has 0 aliphatic rings. The number of rotatable bonds is 7. The van der Waals surface area contributed by atoms with E-state index in [0.29, 0.717) is 27.2 Å². The van der Waals surface area contributed by atoms with Gasteiger partial charge in [-0.05, 0) is 43.3 Å². The van der Waals surface area contributed by atoms with Crippen LogP contribution >= 0.6 is 34.8 Å². The largest absolute Gasteiger partial charge is 0.355 e. The molecule has 0 aromatic heterocycles. The zero-order valence-electron chi connectivity index (χ0n) is 13.9. The molecule has 0 heterocycles. The van der Waals surface area contributed by atoms with Gasteiger partial charge >= 0.3 is 0 Å². The van der Waals surface area contributed by atoms with Gasteiger partial charge < -0.3 is 5.32 Å². The molecule has 140 valence electrons. The lowest BCUT2D eigenvalue weighted by Crippen LogP contribution is -2.40. The molecule has 0 saturated carbocycles. The van der Waals surface area contributed by atoms with Crippen LogP contribution in [0.25, 0.3) is 0 Å². The minimum atomic E-state index is -3.97. The first-order valence-corrected chi connectivity index (χ1v) is 10.3. The number of amides is 1. The van der Waals surface area contributed by atoms with Crippen molar-refractivity contribution < 1.29 is 13.2 Å². The van der Waals surface area contributed by atoms with Crippen molar-refractivity contribution in [2.45, 2.75) is 18.4 Å². The SMILES string of the molecule is CCNC(=O)CN(Cc1c(Cl)cccc1Cl)S(=O)(=O)c1ccc(Cl)cc1. The molecule has 2 aromatic rings. The number of benzene rings is 2. The Morgan fingerprint density at radius 2 is 1.62 bits per heavy atom. The van der Waals surface area contributed by atoms with Crippen LogP contribution < -0.4 is 5.32 Å². The highest BCUT2D eigenvalue weighted by atomic mass is 35.5. The van der Waals surface area contributed by atoms with Crippen LogP contribution in [0.2, 0.25) is 15.1 Å². The monoisotopic (exact) mass is 434 g/mol. The summed E-state index contributed by atoms with van der Waals surface area (Å²) >= 11 is 18.2. The number of nitrogens with one attached hydrogen (secondary N) is 1. The molecular weight excluding hydrogens is 419 g/mol. The second kappa shape index (κ2) is 9.06. The van der Waals surface area contributed by atoms with E-state index >= 15 is 0 Å². The average molecular weight is 436 g/mol. The summed E-state index contributed by atoms with van der Waals surface area (Å²) in [5, 5.41) is 3.65. The molecule has 0 fully saturated rings. The number of likely N-dealkylation sites (N-methyl/N-ethyl adjacent to an activating group) is 1. The molecule has 0 bridgehead atoms. The Morgan fingerprint density at radius 1 is 1.04 bits per heavy atom. The van der Waals surface area contributed by atoms with Gasteiger partial charge in [-0.2, -0.15) is 4.31 Å². The lowest BCUT2D eigenvalue weighted by atomic mass is 10.2. The molecule has 9 heteroatoms. The van der Waals surface area contributed by atoms with Gasteiger partial charge in [0.15, 0.2) is 0 Å². The van der Waals surface area contributed by atoms with E-state index in [9.17, 15) is 13.2 Å². The first-order valence-electron chi connectivity index (χ1n) is 7.71. The minimum Gasteiger partial charge on any atom is -0.355 e. The summed E-state index contributed by atoms with van der Waals surface area (Å²) in [5.74, 6) is -0.423. The van der Waals surface area contributed by atoms with Crippen molar-refractivity contribution in [1.82, 2.24) is 9.62 Å². The zero-order valence-corrected chi connectivity index (χ0v) is 17.0. The molecule has 0 spiro atoms. The van der Waals surface area contributed by atoms with Gasteiger partial charge in [0.2, 0.25) is 15.9 Å². The van der Waals surface area contributed by atoms with E-state index in [1.807, 2.05) is 0 Å². The predicted molar refractivity (Wildman–Crippen MR) is 104 cm³/mol. The highest BCUT2D eigenvalue weighted by Gasteiger charge is 2.28. The second-order valence-electron chi connectivity index (χ2n) is 5.38. The number of carbonyl (C=O) groups excluding carboxylic acids is 1. The van der Waals surface area contributed by atoms with E-state index in [-0.39, 0.29) is 18.0 Å². The third-order valence-corrected chi connectivity index (χ3v) is 6.31. The van der Waals surface area contributed by atoms with Gasteiger partial charge in [0.25, 0.3) is 0 Å². The predicted octanol–water partition coefficient (Wildman–Crippen LogP) is 3.97. The fourth-order valence-electron chi connectivity index (χ4n) is 2.25. The Morgan fingerprint density at radius 3 is 2.15 bits per heavy atom. The molecule has 5 nitrogen and oxygen atoms in total. The van der Waals surface area contributed by atoms with Crippen molar-refractivity contribution in [3.05, 3.63) is 63.1 Å². The van der Waals surface area contributed by atoms with Crippen molar-refractivity contribution in [3.8, 4) is 0 Å². The molecule has 0 saturated heterocycles. The number of carbonyl (C=O) groups is 1. The summed E-state index contributed by atoms with van der Waals surface area (Å²) in [5.41, 5.74) is 0.428. The maximum atomic E-state index is 13.0. The molecule has 2 aromatic carbocycles. The molecule has 1 N–H and O–H groups in total. The van der Waals surface area contributed by atoms with Gasteiger partial charge in [-0.3, -0.25) is 4.79 Å². The van der Waals surface area contributed by atoms with Gasteiger partial charge in [0.05, 0.1) is 11.4 Å². The lowest BCUT2D eigenvalue weighted by Gasteiger charge is -2.23. The van der Waals surface area contributed by atoms with E-state index in [4.69, 9.17) is 34.8 Å². The molecule has 0 unspecified atom stereocenters. The van der Waals surface area contributed by atoms with Crippen LogP contribution in [0.1, 0.15) is 12.5 Å². The molecule has 0 radical (unpaired) electrons. The van der Waals surface area contributed by atoms with Crippen LogP contribution in [-0.2, 0) is 21.4 Å². The Bertz CT molecular complexity index is 866. The van der Waals surface area contributed by atoms with E-state index < -0.39 is 15.9 Å². The first-order chi connectivity index (χ1) is 12.3. The Labute approximate surface area is 167 Å². The zero-order chi connectivity index (χ0) is 19.3. The van der Waals surface area contributed by atoms with Crippen molar-refractivity contribution in [2.24, 2.45) is 0 Å². The van der Waals surface area contributed by atoms with Crippen LogP contribution in [0.15, 0.2) is 47.4 Å². The molecule has 0 aliphatic heterocycles. The lowest BCUT2D eigenvalue weighted by molar-refractivity contribution is -0.121. The van der Waals surface area contributed by atoms with Crippen LogP contribution in [0.5, 0.6) is 0 Å². The molecule has 26 heavy (non-hydrogen) atoms. The van der Waals surface area contributed by atoms with Crippen molar-refractivity contribution in [3.63, 3.8) is 0 Å². The van der Waals surface area contributed by atoms with Crippen LogP contribution in [0, 0.1) is 0 Å². The topological polar surface area (TPSA) is 66.5 Å². The Hall–Kier alpha value is -1.31. The Kier molecular flexibility index (Phi) is 7.32. The molecule has 2 rings (SSSR count). The normalized spacial score (nSPS) is 11.6. The van der Waals surface area contributed by atoms with Crippen molar-refractivity contribution >= 4 is 50.7 Å². The van der Waals surface area contributed by atoms with E-state index in [2.05, 4.69) is 5.32 Å². The minimum absolute atomic E-state index is 0.0226. The molecule has 1 amide bonds. The number of hydrogen-bond donors (Lipinski definition) is 1. The van der Waals surface area contributed by atoms with Gasteiger partial charge in [0, 0.05) is 33.7 Å². The van der Waals surface area contributed by atoms with Gasteiger partial charge in [0.1, 0.15) is 0 Å². The third-order valence-electron chi connectivity index (χ3n) is 3.54. The fourth-order valence-corrected chi connectivity index (χ4v) is 4.26. The number of halogens is 3. The van der Waals surface area contributed by atoms with E-state index in [1.54, 1.807) is 25.1 Å². The summed E-state index contributed by atoms with van der Waals surface area (Å²) in [6.07, 6.45) is 0. The highest BCUT2D eigenvalue weighted by Crippen LogP contribution is 2.28. The van der Waals surface area contributed by atoms with Crippen LogP contribution in [0.4, 0.5) is 0 Å². The summed E-state index contributed by atoms with van der Waals surface area (Å²) in [6, 6.07) is 10.6. The molecular formula is C17H17Cl3N2O3S. The summed E-state index contributed by atoms with van der Waals surface area (Å²) in [6.45, 7) is 1.64. The average Bonchev–Trinajstić information content (AvgIpc) is 2.57. The summed E-state index contributed by atoms with van der Waals surface area (Å²) < 4.78 is 27.1. The summed E-state index contributed by atoms with van der Waals surface area (Å²) in [7, 11) is -3.97. The van der Waals surface area contributed by atoms with Gasteiger partial charge in [-0.15, -0.1) is 0 Å². The molecule has 0 atom stereocenters. The fraction of sp³-hybridized carbons (Fsp3) is 0.235. The van der Waals surface area contributed by atoms with Gasteiger partial charge in [-0.1, -0.05) is 40.9 Å². The van der Waals surface area contributed by atoms with Crippen LogP contribution in [0.3, 0.4) is 0 Å². The second-order valence-corrected chi connectivity index (χ2v) is 8.57. The molecule has 0 aliphatic carbocycles. The number of sulfonamides is 1. The summed E-state index contributed by atoms with van der Waals surface area (Å²) in [4.78, 5) is 12.1. The number of hydrogen-bond acceptors (Lipinski definition) is 3.